The van der Waals surface area contributed by atoms with E-state index in [0.29, 0.717) is 72.8 Å². The third kappa shape index (κ3) is 18.8. The lowest BCUT2D eigenvalue weighted by Crippen LogP contribution is -2.62. The molecule has 6 aromatic carbocycles. The van der Waals surface area contributed by atoms with E-state index in [-0.39, 0.29) is 53.6 Å². The minimum absolute atomic E-state index is 0.0153. The van der Waals surface area contributed by atoms with Gasteiger partial charge in [-0.25, -0.2) is 5.48 Å². The smallest absolute Gasteiger partial charge is 0.251 e. The molecule has 0 spiro atoms. The van der Waals surface area contributed by atoms with Crippen molar-refractivity contribution in [3.8, 4) is 17.2 Å². The Kier molecular flexibility index (Phi) is 24.9. The zero-order valence-corrected chi connectivity index (χ0v) is 60.2. The van der Waals surface area contributed by atoms with E-state index in [1.54, 1.807) is 54.0 Å². The lowest BCUT2D eigenvalue weighted by molar-refractivity contribution is -0.136. The van der Waals surface area contributed by atoms with Crippen LogP contribution in [0.25, 0.3) is 32.7 Å². The fourth-order valence-corrected chi connectivity index (χ4v) is 15.1. The summed E-state index contributed by atoms with van der Waals surface area (Å²) in [6.07, 6.45) is 16.9. The summed E-state index contributed by atoms with van der Waals surface area (Å²) in [5, 5.41) is 21.9. The van der Waals surface area contributed by atoms with Gasteiger partial charge in [0.15, 0.2) is 5.78 Å². The van der Waals surface area contributed by atoms with Crippen molar-refractivity contribution in [1.29, 1.82) is 0 Å². The molecule has 0 bridgehead atoms. The van der Waals surface area contributed by atoms with Crippen molar-refractivity contribution in [2.24, 2.45) is 17.8 Å². The monoisotopic (exact) mass is 1390 g/mol. The van der Waals surface area contributed by atoms with Gasteiger partial charge in [0.1, 0.15) is 37.1 Å². The molecular formula is C85H99N9O9. The number of carbonyl (C=O) groups is 5. The highest BCUT2D eigenvalue weighted by molar-refractivity contribution is 5.99. The van der Waals surface area contributed by atoms with Crippen LogP contribution < -0.4 is 35.6 Å². The molecule has 18 heteroatoms. The second-order valence-corrected chi connectivity index (χ2v) is 28.8. The number of likely N-dealkylation sites (tertiary alicyclic amines) is 2. The van der Waals surface area contributed by atoms with Crippen LogP contribution in [0.4, 0.5) is 0 Å². The Morgan fingerprint density at radius 2 is 0.806 bits per heavy atom. The Balaban J connectivity index is 0.000000142. The number of fused-ring (bicyclic) bond motifs is 3. The summed E-state index contributed by atoms with van der Waals surface area (Å²) in [6, 6.07) is 52.0. The summed E-state index contributed by atoms with van der Waals surface area (Å²) in [5.74, 6) is 1.60. The molecule has 18 nitrogen and oxygen atoms in total. The summed E-state index contributed by atoms with van der Waals surface area (Å²) in [6.45, 7) is 15.8. The largest absolute Gasteiger partial charge is 0.489 e. The van der Waals surface area contributed by atoms with E-state index in [2.05, 4.69) is 59.8 Å². The summed E-state index contributed by atoms with van der Waals surface area (Å²) in [4.78, 5) is 81.8. The zero-order chi connectivity index (χ0) is 71.8. The number of para-hydroxylation sites is 3. The number of pyridine rings is 3. The van der Waals surface area contributed by atoms with E-state index in [4.69, 9.17) is 14.2 Å². The molecule has 15 rings (SSSR count). The second kappa shape index (κ2) is 35.0. The summed E-state index contributed by atoms with van der Waals surface area (Å²) < 4.78 is 18.0. The molecular weight excluding hydrogens is 1290 g/mol. The number of aryl methyl sites for hydroxylation is 3. The van der Waals surface area contributed by atoms with Crippen LogP contribution in [0.15, 0.2) is 164 Å². The maximum Gasteiger partial charge on any atom is 0.251 e. The van der Waals surface area contributed by atoms with Gasteiger partial charge in [-0.05, 0) is 219 Å². The normalized spacial score (nSPS) is 21.6. The predicted octanol–water partition coefficient (Wildman–Crippen LogP) is 14.9. The van der Waals surface area contributed by atoms with E-state index in [1.807, 2.05) is 131 Å². The Labute approximate surface area is 605 Å². The van der Waals surface area contributed by atoms with Crippen molar-refractivity contribution in [2.75, 3.05) is 26.2 Å². The van der Waals surface area contributed by atoms with Crippen LogP contribution in [-0.2, 0) is 29.4 Å². The second-order valence-electron chi connectivity index (χ2n) is 28.8. The van der Waals surface area contributed by atoms with Crippen LogP contribution in [-0.4, -0.2) is 116 Å². The number of ketones is 1. The Morgan fingerprint density at radius 1 is 0.437 bits per heavy atom. The third-order valence-corrected chi connectivity index (χ3v) is 21.4. The van der Waals surface area contributed by atoms with E-state index >= 15 is 0 Å². The number of carbonyl (C=O) groups excluding carboxylic acids is 5. The summed E-state index contributed by atoms with van der Waals surface area (Å²) in [5.41, 5.74) is 12.5. The van der Waals surface area contributed by atoms with Gasteiger partial charge in [0.2, 0.25) is 5.91 Å². The quantitative estimate of drug-likeness (QED) is 0.0398. The maximum absolute atomic E-state index is 13.1. The first-order valence-electron chi connectivity index (χ1n) is 37.2. The number of benzene rings is 6. The number of hydroxylamine groups is 1. The fourth-order valence-electron chi connectivity index (χ4n) is 15.1. The molecule has 538 valence electrons. The number of hydrogen-bond acceptors (Lipinski definition) is 14. The fraction of sp³-hybridized carbons (Fsp3) is 0.412. The van der Waals surface area contributed by atoms with Crippen LogP contribution in [0.2, 0.25) is 0 Å². The molecule has 2 aliphatic heterocycles. The van der Waals surface area contributed by atoms with Crippen LogP contribution in [0, 0.1) is 38.5 Å². The minimum atomic E-state index is -0.459. The number of Topliss-reactive ketones (excluding diaryl/α,β-unsaturated/α-hetero) is 1. The Bertz CT molecular complexity index is 4380. The molecule has 2 saturated heterocycles. The van der Waals surface area contributed by atoms with E-state index in [0.717, 1.165) is 117 Å². The first-order chi connectivity index (χ1) is 50.1. The van der Waals surface area contributed by atoms with Gasteiger partial charge >= 0.3 is 0 Å². The van der Waals surface area contributed by atoms with Crippen LogP contribution in [0.1, 0.15) is 175 Å². The molecule has 103 heavy (non-hydrogen) atoms. The highest BCUT2D eigenvalue weighted by Crippen LogP contribution is 2.34. The van der Waals surface area contributed by atoms with Gasteiger partial charge in [0.25, 0.3) is 17.7 Å². The highest BCUT2D eigenvalue weighted by atomic mass is 16.5. The van der Waals surface area contributed by atoms with Crippen molar-refractivity contribution in [2.45, 2.75) is 181 Å². The Morgan fingerprint density at radius 3 is 1.18 bits per heavy atom. The van der Waals surface area contributed by atoms with Crippen molar-refractivity contribution in [3.05, 3.63) is 214 Å². The number of nitrogens with zero attached hydrogens (tertiary/aromatic N) is 5. The van der Waals surface area contributed by atoms with Gasteiger partial charge < -0.3 is 30.2 Å². The van der Waals surface area contributed by atoms with Crippen molar-refractivity contribution < 1.29 is 43.4 Å². The molecule has 5 heterocycles. The number of hydrogen-bond donors (Lipinski definition) is 5. The number of amides is 4. The Hall–Kier alpha value is -9.62. The molecule has 9 aromatic rings. The molecule has 8 atom stereocenters. The van der Waals surface area contributed by atoms with Crippen molar-refractivity contribution in [1.82, 2.24) is 46.2 Å². The third-order valence-electron chi connectivity index (χ3n) is 21.4. The van der Waals surface area contributed by atoms with Crippen molar-refractivity contribution >= 4 is 62.1 Å². The average molecular weight is 1390 g/mol. The first-order valence-corrected chi connectivity index (χ1v) is 37.2. The van der Waals surface area contributed by atoms with Gasteiger partial charge in [-0.3, -0.25) is 53.9 Å². The van der Waals surface area contributed by atoms with Gasteiger partial charge in [-0.1, -0.05) is 107 Å². The molecule has 0 radical (unpaired) electrons. The van der Waals surface area contributed by atoms with Gasteiger partial charge in [-0.2, -0.15) is 0 Å². The zero-order valence-electron chi connectivity index (χ0n) is 60.2. The molecule has 4 saturated carbocycles. The number of aromatic nitrogens is 3. The molecule has 4 aliphatic carbocycles. The van der Waals surface area contributed by atoms with Crippen molar-refractivity contribution in [3.63, 3.8) is 0 Å². The molecule has 6 fully saturated rings. The lowest BCUT2D eigenvalue weighted by atomic mass is 9.78. The molecule has 4 amide bonds. The van der Waals surface area contributed by atoms with Crippen LogP contribution in [0.3, 0.4) is 0 Å². The van der Waals surface area contributed by atoms with E-state index in [1.165, 1.54) is 64.5 Å². The van der Waals surface area contributed by atoms with Gasteiger partial charge in [-0.15, -0.1) is 0 Å². The molecule has 6 aliphatic rings. The molecule has 3 aromatic heterocycles. The summed E-state index contributed by atoms with van der Waals surface area (Å²) in [7, 11) is 0. The predicted molar refractivity (Wildman–Crippen MR) is 402 cm³/mol. The summed E-state index contributed by atoms with van der Waals surface area (Å²) >= 11 is 0. The number of rotatable bonds is 18. The van der Waals surface area contributed by atoms with Gasteiger partial charge in [0, 0.05) is 91.2 Å². The maximum atomic E-state index is 13.1. The standard InChI is InChI=1S/C28H32N4O4.C28H33N3O2.C25H26N2O3.C4H8/c1-18-16-20(22-6-2-3-8-24(22)29-18)17-36-21-12-10-19(11-13-21)27(33)30-26-23(28(34)31-35)7-4-9-25(26)32-14-5-15-32;1-19-7-5-10-26(31-15-6-16-31)27(19)30-28(32)21-11-13-23(14-12-21)33-18-22-17-20(2)29-25-9-4-3-8-24(22)25;1-16-6-5-9-23(28)24(16)27-25(29)18-10-12-20(13-11-18)30-15-19-14-17(2)26-22-8-4-3-7-21(19)22;1-2-4-3-1/h2-3,6,8,10-13,16,23,25-26,35H,4-5,7,9,14-15,17H2,1H3,(H,30,33)(H,31,34);3-4,8-9,11-14,17,19,26-27H,5-7,10,15-16,18H2,1-2H3,(H,30,32);3-4,7-8,10-14,16,24H,5-6,9,15H2,1-2H3,(H,27,29);1-4H2. The molecule has 5 N–H and O–H groups in total. The van der Waals surface area contributed by atoms with Crippen LogP contribution in [0.5, 0.6) is 17.2 Å². The molecule has 8 unspecified atom stereocenters. The number of ether oxygens (including phenoxy) is 3. The van der Waals surface area contributed by atoms with Crippen LogP contribution >= 0.6 is 0 Å². The minimum Gasteiger partial charge on any atom is -0.489 e. The topological polar surface area (TPSA) is 227 Å². The number of nitrogens with one attached hydrogen (secondary N) is 4. The average Bonchev–Trinajstić information content (AvgIpc) is 0.815. The lowest BCUT2D eigenvalue weighted by Gasteiger charge is -2.47. The van der Waals surface area contributed by atoms with Gasteiger partial charge in [0.05, 0.1) is 34.6 Å². The highest BCUT2D eigenvalue weighted by Gasteiger charge is 2.43. The van der Waals surface area contributed by atoms with E-state index < -0.39 is 11.8 Å². The SMILES string of the molecule is C1CCC1.Cc1cc(COc2ccc(C(=O)NC3C(=O)CCCC3C)cc2)c2ccccc2n1.Cc1cc(COc2ccc(C(=O)NC3C(C(=O)NO)CCCC3N3CCC3)cc2)c2ccccc2n1.Cc1cc(COc2ccc(C(=O)NC3C(C)CCCC3N3CCC3)cc2)c2ccccc2n1. The van der Waals surface area contributed by atoms with E-state index in [9.17, 15) is 29.2 Å². The first kappa shape index (κ1) is 73.1.